The van der Waals surface area contributed by atoms with Gasteiger partial charge in [-0.05, 0) is 64.5 Å². The van der Waals surface area contributed by atoms with Crippen LogP contribution in [0.15, 0.2) is 12.2 Å². The van der Waals surface area contributed by atoms with Gasteiger partial charge in [-0.3, -0.25) is 9.59 Å². The number of aliphatic hydroxyl groups is 1. The number of esters is 1. The van der Waals surface area contributed by atoms with Crippen molar-refractivity contribution in [3.05, 3.63) is 12.2 Å². The summed E-state index contributed by atoms with van der Waals surface area (Å²) in [7, 11) is -3.97. The Bertz CT molecular complexity index is 689. The largest absolute Gasteiger partial charge is 0.478 e. The molecule has 0 bridgehead atoms. The van der Waals surface area contributed by atoms with Crippen molar-refractivity contribution in [2.75, 3.05) is 6.54 Å². The minimum Gasteiger partial charge on any atom is -0.478 e. The number of carboxylic acids is 1. The van der Waals surface area contributed by atoms with Crippen molar-refractivity contribution in [1.82, 2.24) is 5.32 Å². The molecule has 34 heavy (non-hydrogen) atoms. The first-order valence-corrected chi connectivity index (χ1v) is 20.7. The lowest BCUT2D eigenvalue weighted by molar-refractivity contribution is -0.159. The zero-order chi connectivity index (χ0) is 25.9. The van der Waals surface area contributed by atoms with Gasteiger partial charge in [0.15, 0.2) is 16.6 Å². The SMILES string of the molecule is C[Si](C)(C)OC(O[Si](C)(C)C)[SiH2]CCC1CCC(O)C(OC(=O)CCNC(=O)/C=C/C(=O)O)C1. The molecule has 0 aliphatic heterocycles. The summed E-state index contributed by atoms with van der Waals surface area (Å²) in [5.74, 6) is -1.96. The minimum absolute atomic E-state index is 0.0367. The highest BCUT2D eigenvalue weighted by atomic mass is 28.4. The quantitative estimate of drug-likeness (QED) is 0.134. The molecule has 0 heterocycles. The van der Waals surface area contributed by atoms with E-state index in [1.54, 1.807) is 0 Å². The van der Waals surface area contributed by atoms with Gasteiger partial charge in [0.1, 0.15) is 12.0 Å². The van der Waals surface area contributed by atoms with E-state index in [4.69, 9.17) is 18.7 Å². The lowest BCUT2D eigenvalue weighted by atomic mass is 9.84. The molecule has 0 aromatic rings. The van der Waals surface area contributed by atoms with Crippen LogP contribution in [0.4, 0.5) is 0 Å². The van der Waals surface area contributed by atoms with Gasteiger partial charge in [0.25, 0.3) is 0 Å². The maximum atomic E-state index is 12.2. The van der Waals surface area contributed by atoms with E-state index in [-0.39, 0.29) is 18.9 Å². The monoisotopic (exact) mass is 533 g/mol. The number of amides is 1. The zero-order valence-corrected chi connectivity index (χ0v) is 24.9. The molecule has 1 aliphatic rings. The Morgan fingerprint density at radius 3 is 2.24 bits per heavy atom. The van der Waals surface area contributed by atoms with Gasteiger partial charge < -0.3 is 29.1 Å². The first-order chi connectivity index (χ1) is 15.6. The fourth-order valence-electron chi connectivity index (χ4n) is 3.81. The van der Waals surface area contributed by atoms with Crippen molar-refractivity contribution in [3.63, 3.8) is 0 Å². The Labute approximate surface area is 207 Å². The number of nitrogens with one attached hydrogen (secondary N) is 1. The maximum absolute atomic E-state index is 12.2. The van der Waals surface area contributed by atoms with Crippen LogP contribution in [-0.4, -0.2) is 78.9 Å². The second-order valence-electron chi connectivity index (χ2n) is 10.8. The van der Waals surface area contributed by atoms with Crippen molar-refractivity contribution in [3.8, 4) is 0 Å². The van der Waals surface area contributed by atoms with Crippen molar-refractivity contribution < 1.29 is 38.2 Å². The molecular weight excluding hydrogens is 490 g/mol. The summed E-state index contributed by atoms with van der Waals surface area (Å²) in [4.78, 5) is 34.0. The third kappa shape index (κ3) is 14.8. The van der Waals surface area contributed by atoms with Crippen molar-refractivity contribution >= 4 is 44.0 Å². The molecular formula is C22H43NO8Si3. The predicted molar refractivity (Wildman–Crippen MR) is 138 cm³/mol. The molecule has 1 saturated carbocycles. The molecule has 1 aliphatic carbocycles. The number of aliphatic hydroxyl groups excluding tert-OH is 1. The van der Waals surface area contributed by atoms with Gasteiger partial charge in [0, 0.05) is 18.7 Å². The summed E-state index contributed by atoms with van der Waals surface area (Å²) in [6.45, 7) is 13.1. The highest BCUT2D eigenvalue weighted by Gasteiger charge is 2.32. The summed E-state index contributed by atoms with van der Waals surface area (Å²) in [5, 5.41) is 21.2. The van der Waals surface area contributed by atoms with Crippen LogP contribution in [-0.2, 0) is 28.0 Å². The Balaban J connectivity index is 2.45. The van der Waals surface area contributed by atoms with Gasteiger partial charge >= 0.3 is 11.9 Å². The number of aliphatic carboxylic acids is 1. The fourth-order valence-corrected chi connectivity index (χ4v) is 10.7. The smallest absolute Gasteiger partial charge is 0.328 e. The van der Waals surface area contributed by atoms with E-state index in [0.29, 0.717) is 18.8 Å². The van der Waals surface area contributed by atoms with Crippen LogP contribution < -0.4 is 5.32 Å². The van der Waals surface area contributed by atoms with Crippen LogP contribution in [0.1, 0.15) is 32.1 Å². The minimum atomic E-state index is -1.69. The number of hydrogen-bond acceptors (Lipinski definition) is 7. The van der Waals surface area contributed by atoms with Crippen LogP contribution in [0.2, 0.25) is 45.3 Å². The van der Waals surface area contributed by atoms with E-state index >= 15 is 0 Å². The van der Waals surface area contributed by atoms with E-state index in [2.05, 4.69) is 44.6 Å². The van der Waals surface area contributed by atoms with E-state index in [1.807, 2.05) is 0 Å². The summed E-state index contributed by atoms with van der Waals surface area (Å²) in [6.07, 6.45) is 3.50. The third-order valence-electron chi connectivity index (χ3n) is 5.18. The Kier molecular flexibility index (Phi) is 12.9. The topological polar surface area (TPSA) is 131 Å². The lowest BCUT2D eigenvalue weighted by Crippen LogP contribution is -2.43. The molecule has 3 unspecified atom stereocenters. The molecule has 0 saturated heterocycles. The molecule has 1 amide bonds. The number of carbonyl (C=O) groups excluding carboxylic acids is 2. The van der Waals surface area contributed by atoms with Crippen LogP contribution >= 0.6 is 0 Å². The zero-order valence-electron chi connectivity index (χ0n) is 21.5. The Morgan fingerprint density at radius 1 is 1.06 bits per heavy atom. The van der Waals surface area contributed by atoms with Gasteiger partial charge in [-0.1, -0.05) is 12.5 Å². The van der Waals surface area contributed by atoms with Gasteiger partial charge in [-0.25, -0.2) is 4.79 Å². The molecule has 0 aromatic heterocycles. The number of hydrogen-bond donors (Lipinski definition) is 3. The number of carboxylic acid groups (broad SMARTS) is 1. The van der Waals surface area contributed by atoms with Gasteiger partial charge in [-0.15, -0.1) is 0 Å². The van der Waals surface area contributed by atoms with Gasteiger partial charge in [0.2, 0.25) is 5.91 Å². The fraction of sp³-hybridized carbons (Fsp3) is 0.773. The second-order valence-corrected chi connectivity index (χ2v) is 21.7. The first-order valence-electron chi connectivity index (χ1n) is 12.1. The summed E-state index contributed by atoms with van der Waals surface area (Å²) in [6, 6.07) is 1.08. The molecule has 3 N–H and O–H groups in total. The number of carbonyl (C=O) groups is 3. The van der Waals surface area contributed by atoms with Gasteiger partial charge in [-0.2, -0.15) is 0 Å². The molecule has 9 nitrogen and oxygen atoms in total. The number of rotatable bonds is 14. The molecule has 0 spiro atoms. The highest BCUT2D eigenvalue weighted by Crippen LogP contribution is 2.30. The standard InChI is InChI=1S/C22H43NO8Si3/c1-33(2,3)30-22(31-34(4,5)6)32-14-12-16-7-8-17(24)18(15-16)29-21(28)11-13-23-19(25)9-10-20(26)27/h9-10,16-18,22,24H,7-8,11-15,32H2,1-6H3,(H,23,25)(H,26,27)/b10-9+. The Hall–Kier alpha value is -1.32. The molecule has 0 aromatic carbocycles. The van der Waals surface area contributed by atoms with E-state index < -0.39 is 56.2 Å². The third-order valence-corrected chi connectivity index (χ3v) is 9.40. The normalized spacial score (nSPS) is 21.9. The van der Waals surface area contributed by atoms with Crippen molar-refractivity contribution in [1.29, 1.82) is 0 Å². The summed E-state index contributed by atoms with van der Waals surface area (Å²) in [5.41, 5.74) is 0. The molecule has 0 radical (unpaired) electrons. The van der Waals surface area contributed by atoms with E-state index in [9.17, 15) is 19.5 Å². The van der Waals surface area contributed by atoms with Crippen LogP contribution in [0.25, 0.3) is 0 Å². The summed E-state index contributed by atoms with van der Waals surface area (Å²) < 4.78 is 18.1. The Morgan fingerprint density at radius 2 is 1.68 bits per heavy atom. The molecule has 196 valence electrons. The molecule has 12 heteroatoms. The summed E-state index contributed by atoms with van der Waals surface area (Å²) >= 11 is 0. The number of ether oxygens (including phenoxy) is 1. The van der Waals surface area contributed by atoms with Crippen molar-refractivity contribution in [2.45, 2.75) is 95.6 Å². The average Bonchev–Trinajstić information content (AvgIpc) is 2.66. The van der Waals surface area contributed by atoms with Crippen LogP contribution in [0, 0.1) is 5.92 Å². The van der Waals surface area contributed by atoms with Crippen molar-refractivity contribution in [2.24, 2.45) is 5.92 Å². The lowest BCUT2D eigenvalue weighted by Gasteiger charge is -2.34. The molecule has 1 rings (SSSR count). The van der Waals surface area contributed by atoms with Gasteiger partial charge in [0.05, 0.1) is 22.0 Å². The first kappa shape index (κ1) is 30.7. The van der Waals surface area contributed by atoms with E-state index in [1.165, 1.54) is 0 Å². The molecule has 3 atom stereocenters. The maximum Gasteiger partial charge on any atom is 0.328 e. The molecule has 1 fully saturated rings. The predicted octanol–water partition coefficient (Wildman–Crippen LogP) is 2.17. The second kappa shape index (κ2) is 14.3. The van der Waals surface area contributed by atoms with Crippen LogP contribution in [0.3, 0.4) is 0 Å². The average molecular weight is 534 g/mol. The van der Waals surface area contributed by atoms with E-state index in [0.717, 1.165) is 31.0 Å². The highest BCUT2D eigenvalue weighted by molar-refractivity contribution is 6.71. The van der Waals surface area contributed by atoms with Crippen LogP contribution in [0.5, 0.6) is 0 Å².